The Morgan fingerprint density at radius 3 is 2.52 bits per heavy atom. The number of aromatic nitrogens is 4. The maximum Gasteiger partial charge on any atom is 0.355 e. The number of carboxylic acids is 1. The van der Waals surface area contributed by atoms with Crippen LogP contribution in [0.25, 0.3) is 32.2 Å². The lowest BCUT2D eigenvalue weighted by atomic mass is 9.93. The molecule has 2 aliphatic heterocycles. The van der Waals surface area contributed by atoms with Crippen molar-refractivity contribution >= 4 is 78.7 Å². The number of pyridine rings is 1. The number of rotatable bonds is 13. The highest BCUT2D eigenvalue weighted by Gasteiger charge is 2.32. The zero-order valence-electron chi connectivity index (χ0n) is 37.7. The Morgan fingerprint density at radius 1 is 0.884 bits per heavy atom. The van der Waals surface area contributed by atoms with E-state index in [-0.39, 0.29) is 35.7 Å². The molecular weight excluding hydrogens is 893 g/mol. The predicted molar refractivity (Wildman–Crippen MR) is 264 cm³/mol. The second kappa shape index (κ2) is 18.8. The fraction of sp³-hybridized carbons (Fsp3) is 0.208. The number of benzene rings is 5. The molecule has 2 aliphatic rings. The Morgan fingerprint density at radius 2 is 1.71 bits per heavy atom. The van der Waals surface area contributed by atoms with Crippen LogP contribution in [0.15, 0.2) is 115 Å². The third kappa shape index (κ3) is 9.26. The van der Waals surface area contributed by atoms with E-state index in [1.54, 1.807) is 29.9 Å². The number of para-hydroxylation sites is 1. The van der Waals surface area contributed by atoms with Gasteiger partial charge in [-0.05, 0) is 127 Å². The summed E-state index contributed by atoms with van der Waals surface area (Å²) in [6, 6.07) is 35.7. The number of carbonyl (C=O) groups is 5. The highest BCUT2D eigenvalue weighted by atomic mass is 32.1. The first kappa shape index (κ1) is 44.6. The summed E-state index contributed by atoms with van der Waals surface area (Å²) >= 11 is 1.42. The van der Waals surface area contributed by atoms with E-state index in [1.165, 1.54) is 11.3 Å². The Balaban J connectivity index is 0.764. The molecule has 69 heavy (non-hydrogen) atoms. The van der Waals surface area contributed by atoms with E-state index in [1.807, 2.05) is 109 Å². The van der Waals surface area contributed by atoms with Gasteiger partial charge >= 0.3 is 5.97 Å². The number of imide groups is 1. The van der Waals surface area contributed by atoms with E-state index >= 15 is 0 Å². The van der Waals surface area contributed by atoms with Gasteiger partial charge in [0.1, 0.15) is 17.3 Å². The number of anilines is 3. The van der Waals surface area contributed by atoms with Crippen LogP contribution in [0, 0.1) is 6.92 Å². The lowest BCUT2D eigenvalue weighted by Crippen LogP contribution is -2.39. The quantitative estimate of drug-likeness (QED) is 0.0804. The van der Waals surface area contributed by atoms with Crippen molar-refractivity contribution in [2.45, 2.75) is 57.9 Å². The van der Waals surface area contributed by atoms with Gasteiger partial charge in [0.2, 0.25) is 17.7 Å². The first-order valence-corrected chi connectivity index (χ1v) is 23.5. The molecule has 1 saturated heterocycles. The van der Waals surface area contributed by atoms with Crippen LogP contribution in [0.3, 0.4) is 0 Å². The predicted octanol–water partition coefficient (Wildman–Crippen LogP) is 9.34. The first-order chi connectivity index (χ1) is 33.4. The number of carbonyl (C=O) groups excluding carboxylic acids is 4. The summed E-state index contributed by atoms with van der Waals surface area (Å²) in [5.41, 5.74) is 8.13. The number of carboxylic acid groups (broad SMARTS) is 1. The van der Waals surface area contributed by atoms with Crippen molar-refractivity contribution in [1.82, 2.24) is 25.1 Å². The number of nitrogens with one attached hydrogen (secondary N) is 3. The van der Waals surface area contributed by atoms with Gasteiger partial charge in [0, 0.05) is 55.2 Å². The summed E-state index contributed by atoms with van der Waals surface area (Å²) in [6.07, 6.45) is 2.93. The van der Waals surface area contributed by atoms with Crippen molar-refractivity contribution in [1.29, 1.82) is 0 Å². The molecule has 8 aromatic rings. The Labute approximate surface area is 400 Å². The van der Waals surface area contributed by atoms with Crippen LogP contribution in [0.1, 0.15) is 80.4 Å². The van der Waals surface area contributed by atoms with Crippen LogP contribution in [-0.2, 0) is 40.8 Å². The van der Waals surface area contributed by atoms with Crippen LogP contribution in [0.4, 0.5) is 16.6 Å². The monoisotopic (exact) mass is 938 g/mol. The Bertz CT molecular complexity index is 3330. The maximum absolute atomic E-state index is 13.6. The molecule has 1 fully saturated rings. The largest absolute Gasteiger partial charge is 0.476 e. The molecule has 0 aliphatic carbocycles. The molecule has 5 heterocycles. The molecule has 3 aromatic heterocycles. The van der Waals surface area contributed by atoms with Gasteiger partial charge in [-0.3, -0.25) is 34.5 Å². The van der Waals surface area contributed by atoms with Crippen molar-refractivity contribution < 1.29 is 33.8 Å². The molecule has 1 unspecified atom stereocenters. The topological polar surface area (TPSA) is 198 Å². The third-order valence-corrected chi connectivity index (χ3v) is 13.7. The van der Waals surface area contributed by atoms with E-state index < -0.39 is 11.9 Å². The Hall–Kier alpha value is -8.24. The molecule has 0 radical (unpaired) electrons. The second-order valence-electron chi connectivity index (χ2n) is 17.2. The van der Waals surface area contributed by atoms with Gasteiger partial charge in [-0.15, -0.1) is 0 Å². The molecule has 15 nitrogen and oxygen atoms in total. The fourth-order valence-corrected chi connectivity index (χ4v) is 10.1. The molecule has 16 heteroatoms. The number of nitrogens with zero attached hydrogens (tertiary/aromatic N) is 5. The lowest BCUT2D eigenvalue weighted by molar-refractivity contribution is -0.134. The molecular formula is C53H46N8O7S. The number of hydrogen-bond donors (Lipinski definition) is 4. The number of amides is 4. The molecule has 0 bridgehead atoms. The molecule has 4 N–H and O–H groups in total. The Kier molecular flexibility index (Phi) is 12.1. The number of fused-ring (bicyclic) bond motifs is 3. The number of aryl methyl sites for hydroxylation is 2. The average Bonchev–Trinajstić information content (AvgIpc) is 3.91. The van der Waals surface area contributed by atoms with Crippen molar-refractivity contribution in [2.24, 2.45) is 7.05 Å². The minimum Gasteiger partial charge on any atom is -0.476 e. The van der Waals surface area contributed by atoms with E-state index in [2.05, 4.69) is 26.0 Å². The van der Waals surface area contributed by atoms with Gasteiger partial charge in [0.25, 0.3) is 5.91 Å². The summed E-state index contributed by atoms with van der Waals surface area (Å²) < 4.78 is 9.01. The number of piperidine rings is 1. The van der Waals surface area contributed by atoms with Crippen molar-refractivity contribution in [2.75, 3.05) is 22.1 Å². The number of hydrogen-bond acceptors (Lipinski definition) is 11. The van der Waals surface area contributed by atoms with E-state index in [4.69, 9.17) is 9.72 Å². The van der Waals surface area contributed by atoms with Crippen molar-refractivity contribution in [3.8, 4) is 22.6 Å². The zero-order chi connectivity index (χ0) is 47.8. The standard InChI is InChI=1S/C53H46N8O7S/c1-30-35(36-22-24-45(56-49(36)52(66)67)61-27-26-32-9-6-11-37(40(32)29-61)50(64)58-53-55-41-12-3-4-14-44(41)69-53)10-7-13-43(30)68-34-19-16-31(17-20-34)8-5-15-46(62)54-33-18-21-38-42(28-33)60(2)59-48(38)39-23-25-47(63)57-51(39)65/h3-4,6-7,9-14,16-22,24,28,39H,5,8,15,23,25-27,29H2,1-2H3,(H,54,62)(H,66,67)(H,55,58,64)(H,57,63,65). The van der Waals surface area contributed by atoms with Gasteiger partial charge in [-0.25, -0.2) is 14.8 Å². The van der Waals surface area contributed by atoms with E-state index in [9.17, 15) is 29.1 Å². The molecule has 0 saturated carbocycles. The number of thiazole rings is 1. The van der Waals surface area contributed by atoms with Crippen LogP contribution in [-0.4, -0.2) is 61.0 Å². The second-order valence-corrected chi connectivity index (χ2v) is 18.3. The number of ether oxygens (including phenoxy) is 1. The average molecular weight is 939 g/mol. The maximum atomic E-state index is 13.6. The minimum absolute atomic E-state index is 0.0893. The summed E-state index contributed by atoms with van der Waals surface area (Å²) in [6.45, 7) is 2.87. The third-order valence-electron chi connectivity index (χ3n) is 12.8. The summed E-state index contributed by atoms with van der Waals surface area (Å²) in [7, 11) is 1.79. The fourth-order valence-electron chi connectivity index (χ4n) is 9.20. The van der Waals surface area contributed by atoms with Crippen molar-refractivity contribution in [3.63, 3.8) is 0 Å². The summed E-state index contributed by atoms with van der Waals surface area (Å²) in [5, 5.41) is 24.7. The normalized spacial score (nSPS) is 14.6. The van der Waals surface area contributed by atoms with Gasteiger partial charge in [0.15, 0.2) is 10.8 Å². The van der Waals surface area contributed by atoms with Crippen molar-refractivity contribution in [3.05, 3.63) is 154 Å². The van der Waals surface area contributed by atoms with E-state index in [0.29, 0.717) is 95.7 Å². The van der Waals surface area contributed by atoms with Crippen LogP contribution in [0.2, 0.25) is 0 Å². The highest BCUT2D eigenvalue weighted by molar-refractivity contribution is 7.22. The van der Waals surface area contributed by atoms with Crippen LogP contribution < -0.4 is 25.6 Å². The minimum atomic E-state index is -1.16. The van der Waals surface area contributed by atoms with Crippen LogP contribution >= 0.6 is 11.3 Å². The van der Waals surface area contributed by atoms with Gasteiger partial charge in [-0.2, -0.15) is 5.10 Å². The first-order valence-electron chi connectivity index (χ1n) is 22.7. The lowest BCUT2D eigenvalue weighted by Gasteiger charge is -2.31. The van der Waals surface area contributed by atoms with Crippen LogP contribution in [0.5, 0.6) is 11.5 Å². The van der Waals surface area contributed by atoms with Gasteiger partial charge in [-0.1, -0.05) is 59.9 Å². The molecule has 0 spiro atoms. The molecule has 4 amide bonds. The molecule has 5 aromatic carbocycles. The zero-order valence-corrected chi connectivity index (χ0v) is 38.6. The summed E-state index contributed by atoms with van der Waals surface area (Å²) in [5.74, 6) is -0.987. The van der Waals surface area contributed by atoms with Gasteiger partial charge < -0.3 is 20.1 Å². The molecule has 1 atom stereocenters. The highest BCUT2D eigenvalue weighted by Crippen LogP contribution is 2.37. The SMILES string of the molecule is Cc1c(Oc2ccc(CCCC(=O)Nc3ccc4c(C5CCC(=O)NC5=O)nn(C)c4c3)cc2)cccc1-c1ccc(N2CCc3cccc(C(=O)Nc4nc5ccccc5s4)c3C2)nc1C(=O)O. The molecule has 346 valence electrons. The van der Waals surface area contributed by atoms with Gasteiger partial charge in [0.05, 0.1) is 27.3 Å². The molecule has 10 rings (SSSR count). The summed E-state index contributed by atoms with van der Waals surface area (Å²) in [4.78, 5) is 74.9. The van der Waals surface area contributed by atoms with E-state index in [0.717, 1.165) is 43.4 Å². The smallest absolute Gasteiger partial charge is 0.355 e. The number of aromatic carboxylic acids is 1.